The number of fused-ring (bicyclic) bond motifs is 7. The molecule has 7 nitrogen and oxygen atoms in total. The van der Waals surface area contributed by atoms with Crippen molar-refractivity contribution in [3.8, 4) is 0 Å². The van der Waals surface area contributed by atoms with Gasteiger partial charge in [0.15, 0.2) is 0 Å². The molecule has 0 aromatic heterocycles. The third-order valence-corrected chi connectivity index (χ3v) is 20.0. The summed E-state index contributed by atoms with van der Waals surface area (Å²) in [6.07, 6.45) is 15.5. The van der Waals surface area contributed by atoms with Gasteiger partial charge in [0, 0.05) is 44.8 Å². The molecule has 0 bridgehead atoms. The van der Waals surface area contributed by atoms with Crippen molar-refractivity contribution in [2.75, 3.05) is 39.3 Å². The van der Waals surface area contributed by atoms with Crippen LogP contribution in [0.3, 0.4) is 0 Å². The second kappa shape index (κ2) is 13.0. The average Bonchev–Trinajstić information content (AvgIpc) is 3.90. The van der Waals surface area contributed by atoms with Gasteiger partial charge in [-0.05, 0) is 152 Å². The highest BCUT2D eigenvalue weighted by Gasteiger charge is 2.70. The molecule has 0 radical (unpaired) electrons. The third kappa shape index (κ3) is 5.79. The molecule has 0 unspecified atom stereocenters. The van der Waals surface area contributed by atoms with Crippen LogP contribution in [0.5, 0.6) is 0 Å². The zero-order chi connectivity index (χ0) is 37.8. The van der Waals surface area contributed by atoms with Crippen molar-refractivity contribution in [1.29, 1.82) is 0 Å². The maximum atomic E-state index is 12.8. The summed E-state index contributed by atoms with van der Waals surface area (Å²) >= 11 is 0. The van der Waals surface area contributed by atoms with E-state index in [2.05, 4.69) is 64.4 Å². The molecule has 0 amide bonds. The number of piperazine rings is 1. The number of nitrogens with zero attached hydrogens (tertiary/aromatic N) is 2. The number of hydrogen-bond donors (Lipinski definition) is 2. The van der Waals surface area contributed by atoms with Crippen molar-refractivity contribution in [3.05, 3.63) is 53.6 Å². The Morgan fingerprint density at radius 2 is 1.57 bits per heavy atom. The van der Waals surface area contributed by atoms with Crippen molar-refractivity contribution >= 4 is 21.6 Å². The number of carboxylic acid groups (broad SMARTS) is 1. The van der Waals surface area contributed by atoms with Crippen LogP contribution in [0.1, 0.15) is 128 Å². The molecule has 9 atom stereocenters. The first-order chi connectivity index (χ1) is 25.0. The van der Waals surface area contributed by atoms with Crippen LogP contribution in [0.2, 0.25) is 0 Å². The highest BCUT2D eigenvalue weighted by molar-refractivity contribution is 7.90. The smallest absolute Gasteiger partial charge is 0.335 e. The zero-order valence-electron chi connectivity index (χ0n) is 33.6. The van der Waals surface area contributed by atoms with Crippen molar-refractivity contribution < 1.29 is 18.3 Å². The van der Waals surface area contributed by atoms with E-state index in [-0.39, 0.29) is 32.4 Å². The predicted molar refractivity (Wildman–Crippen MR) is 214 cm³/mol. The number of hydrogen-bond acceptors (Lipinski definition) is 5. The minimum atomic E-state index is -3.08. The summed E-state index contributed by atoms with van der Waals surface area (Å²) in [5, 5.41) is 13.7. The van der Waals surface area contributed by atoms with Crippen molar-refractivity contribution in [2.45, 2.75) is 123 Å². The normalized spacial score (nSPS) is 41.4. The monoisotopic (exact) mass is 745 g/mol. The molecule has 0 spiro atoms. The molecule has 7 aliphatic rings. The quantitative estimate of drug-likeness (QED) is 0.247. The molecular weight excluding hydrogens is 679 g/mol. The molecule has 292 valence electrons. The van der Waals surface area contributed by atoms with E-state index in [1.807, 2.05) is 12.1 Å². The first-order valence-corrected chi connectivity index (χ1v) is 22.6. The first-order valence-electron chi connectivity index (χ1n) is 21.1. The second-order valence-corrected chi connectivity index (χ2v) is 22.4. The minimum absolute atomic E-state index is 0.0110. The van der Waals surface area contributed by atoms with E-state index in [1.165, 1.54) is 68.1 Å². The molecule has 1 saturated heterocycles. The second-order valence-electron chi connectivity index (χ2n) is 20.2. The Morgan fingerprint density at radius 1 is 0.868 bits per heavy atom. The first kappa shape index (κ1) is 37.9. The van der Waals surface area contributed by atoms with Gasteiger partial charge in [-0.2, -0.15) is 4.31 Å². The van der Waals surface area contributed by atoms with Gasteiger partial charge in [0.05, 0.1) is 10.8 Å². The fourth-order valence-corrected chi connectivity index (χ4v) is 16.4. The zero-order valence-corrected chi connectivity index (χ0v) is 34.4. The third-order valence-electron chi connectivity index (χ3n) is 17.6. The summed E-state index contributed by atoms with van der Waals surface area (Å²) in [4.78, 5) is 14.1. The maximum absolute atomic E-state index is 12.8. The lowest BCUT2D eigenvalue weighted by atomic mass is 9.33. The van der Waals surface area contributed by atoms with E-state index in [4.69, 9.17) is 0 Å². The van der Waals surface area contributed by atoms with Gasteiger partial charge >= 0.3 is 5.97 Å². The molecule has 2 N–H and O–H groups in total. The fourth-order valence-electron chi connectivity index (χ4n) is 14.6. The number of sulfonamides is 1. The highest BCUT2D eigenvalue weighted by atomic mass is 32.2. The summed E-state index contributed by atoms with van der Waals surface area (Å²) in [5.74, 6) is 2.26. The van der Waals surface area contributed by atoms with E-state index in [1.54, 1.807) is 16.4 Å². The summed E-state index contributed by atoms with van der Waals surface area (Å²) in [6, 6.07) is 7.60. The summed E-state index contributed by atoms with van der Waals surface area (Å²) in [7, 11) is -3.08. The van der Waals surface area contributed by atoms with Crippen LogP contribution >= 0.6 is 0 Å². The van der Waals surface area contributed by atoms with E-state index in [0.29, 0.717) is 48.2 Å². The number of rotatable bonds is 9. The highest BCUT2D eigenvalue weighted by Crippen LogP contribution is 2.76. The van der Waals surface area contributed by atoms with Gasteiger partial charge in [0.2, 0.25) is 10.0 Å². The average molecular weight is 746 g/mol. The predicted octanol–water partition coefficient (Wildman–Crippen LogP) is 8.49. The number of carbonyl (C=O) groups is 1. The Labute approximate surface area is 320 Å². The minimum Gasteiger partial charge on any atom is -0.478 e. The SMILES string of the molecule is C=C(C)[C@@H]1CC[C@]2(NCCN3CCN(S(=O)(=O)C4CC4)CC3)CC[C@]3(C)[C@H](CC[C@@H]4[C@@]5(C)CC=C(c6ccc(C(=O)O)cc6)C(C)(C)[C@@H]5CC[C@]43C)[C@@H]12. The van der Waals surface area contributed by atoms with Crippen molar-refractivity contribution in [2.24, 2.45) is 51.2 Å². The van der Waals surface area contributed by atoms with Crippen LogP contribution < -0.4 is 5.32 Å². The number of allylic oxidation sites excluding steroid dienone is 3. The molecule has 8 rings (SSSR count). The van der Waals surface area contributed by atoms with Crippen LogP contribution in [0.4, 0.5) is 0 Å². The Balaban J connectivity index is 1.00. The molecule has 1 aliphatic heterocycles. The van der Waals surface area contributed by atoms with Gasteiger partial charge in [-0.25, -0.2) is 13.2 Å². The van der Waals surface area contributed by atoms with Crippen LogP contribution in [0.15, 0.2) is 42.5 Å². The van der Waals surface area contributed by atoms with E-state index in [0.717, 1.165) is 45.4 Å². The number of carboxylic acids is 1. The molecule has 1 heterocycles. The standard InChI is InChI=1S/C45H67N3O4S/c1-30(2)34-16-21-45(46-24-25-47-26-28-48(29-27-47)53(51,52)33-12-13-33)23-22-43(6)36(39(34)45)14-15-38-42(5)19-17-35(31-8-10-32(11-9-31)40(49)50)41(3,4)37(42)18-20-44(38,43)7/h8-11,17,33-34,36-39,46H,1,12-16,18-29H2,2-7H3,(H,49,50)/t34-,36+,37-,38+,39+,42-,43+,44+,45-/m0/s1. The van der Waals surface area contributed by atoms with E-state index < -0.39 is 16.0 Å². The lowest BCUT2D eigenvalue weighted by molar-refractivity contribution is -0.219. The van der Waals surface area contributed by atoms with Gasteiger partial charge < -0.3 is 10.4 Å². The largest absolute Gasteiger partial charge is 0.478 e. The molecule has 1 aromatic carbocycles. The van der Waals surface area contributed by atoms with Gasteiger partial charge in [-0.15, -0.1) is 0 Å². The van der Waals surface area contributed by atoms with Gasteiger partial charge in [-0.3, -0.25) is 4.90 Å². The molecule has 1 aromatic rings. The van der Waals surface area contributed by atoms with Crippen LogP contribution in [0, 0.1) is 51.2 Å². The lowest BCUT2D eigenvalue weighted by Gasteiger charge is -2.72. The fraction of sp³-hybridized carbons (Fsp3) is 0.756. The van der Waals surface area contributed by atoms with Crippen molar-refractivity contribution in [1.82, 2.24) is 14.5 Å². The van der Waals surface area contributed by atoms with Crippen LogP contribution in [-0.4, -0.2) is 78.8 Å². The van der Waals surface area contributed by atoms with Gasteiger partial charge in [0.1, 0.15) is 0 Å². The summed E-state index contributed by atoms with van der Waals surface area (Å²) in [6.45, 7) is 24.8. The lowest BCUT2D eigenvalue weighted by Crippen LogP contribution is -2.68. The molecule has 5 saturated carbocycles. The number of aromatic carboxylic acids is 1. The van der Waals surface area contributed by atoms with E-state index in [9.17, 15) is 18.3 Å². The summed E-state index contributed by atoms with van der Waals surface area (Å²) in [5.41, 5.74) is 5.27. The number of benzene rings is 1. The van der Waals surface area contributed by atoms with Crippen molar-refractivity contribution in [3.63, 3.8) is 0 Å². The molecule has 6 aliphatic carbocycles. The van der Waals surface area contributed by atoms with Crippen LogP contribution in [0.25, 0.3) is 5.57 Å². The van der Waals surface area contributed by atoms with Crippen LogP contribution in [-0.2, 0) is 10.0 Å². The maximum Gasteiger partial charge on any atom is 0.335 e. The van der Waals surface area contributed by atoms with Gasteiger partial charge in [-0.1, -0.05) is 65.0 Å². The molecule has 53 heavy (non-hydrogen) atoms. The number of nitrogens with one attached hydrogen (secondary N) is 1. The Kier molecular flexibility index (Phi) is 9.32. The topological polar surface area (TPSA) is 90.0 Å². The molecule has 6 fully saturated rings. The van der Waals surface area contributed by atoms with Gasteiger partial charge in [0.25, 0.3) is 0 Å². The Bertz CT molecular complexity index is 1760. The molecule has 8 heteroatoms. The van der Waals surface area contributed by atoms with E-state index >= 15 is 0 Å². The summed E-state index contributed by atoms with van der Waals surface area (Å²) < 4.78 is 27.4. The molecular formula is C45H67N3O4S. The Hall–Kier alpha value is -2.00. The Morgan fingerprint density at radius 3 is 2.21 bits per heavy atom.